The summed E-state index contributed by atoms with van der Waals surface area (Å²) in [7, 11) is 1.87. The topological polar surface area (TPSA) is 54.2 Å². The van der Waals surface area contributed by atoms with Gasteiger partial charge >= 0.3 is 0 Å². The van der Waals surface area contributed by atoms with E-state index in [0.717, 1.165) is 43.0 Å². The molecular weight excluding hydrogens is 445 g/mol. The van der Waals surface area contributed by atoms with Crippen LogP contribution in [-0.2, 0) is 6.54 Å². The fourth-order valence-electron chi connectivity index (χ4n) is 3.31. The van der Waals surface area contributed by atoms with E-state index in [1.807, 2.05) is 13.2 Å². The van der Waals surface area contributed by atoms with Crippen LogP contribution in [0.3, 0.4) is 0 Å². The van der Waals surface area contributed by atoms with E-state index in [2.05, 4.69) is 57.0 Å². The number of thioether (sulfide) groups is 1. The van der Waals surface area contributed by atoms with E-state index in [0.29, 0.717) is 6.04 Å². The zero-order valence-corrected chi connectivity index (χ0v) is 19.0. The smallest absolute Gasteiger partial charge is 0.191 e. The number of guanidine groups is 1. The number of aryl methyl sites for hydroxylation is 2. The quantitative estimate of drug-likeness (QED) is 0.258. The van der Waals surface area contributed by atoms with E-state index < -0.39 is 0 Å². The number of nitrogens with zero attached hydrogens (tertiary/aromatic N) is 3. The van der Waals surface area contributed by atoms with Crippen molar-refractivity contribution >= 4 is 41.7 Å². The molecule has 1 fully saturated rings. The highest BCUT2D eigenvalue weighted by atomic mass is 127. The van der Waals surface area contributed by atoms with Crippen molar-refractivity contribution in [1.82, 2.24) is 20.2 Å². The minimum atomic E-state index is 0. The van der Waals surface area contributed by atoms with Gasteiger partial charge in [0.05, 0.1) is 0 Å². The molecule has 7 heteroatoms. The number of unbranched alkanes of at least 4 members (excludes halogenated alkanes) is 1. The molecule has 0 spiro atoms. The SMILES string of the molecule is CCSC1CCCC(NC(=NC)NCCCCn2ccnc2C)C1.I. The van der Waals surface area contributed by atoms with Crippen LogP contribution >= 0.6 is 35.7 Å². The highest BCUT2D eigenvalue weighted by Gasteiger charge is 2.22. The molecule has 0 amide bonds. The first-order valence-corrected chi connectivity index (χ1v) is 10.3. The molecule has 0 radical (unpaired) electrons. The molecule has 0 saturated heterocycles. The first kappa shape index (κ1) is 22.6. The number of halogens is 1. The molecule has 25 heavy (non-hydrogen) atoms. The Bertz CT molecular complexity index is 503. The van der Waals surface area contributed by atoms with Crippen LogP contribution in [0.2, 0.25) is 0 Å². The molecule has 1 saturated carbocycles. The van der Waals surface area contributed by atoms with E-state index in [-0.39, 0.29) is 24.0 Å². The van der Waals surface area contributed by atoms with E-state index in [1.165, 1.54) is 31.4 Å². The summed E-state index contributed by atoms with van der Waals surface area (Å²) in [5, 5.41) is 7.90. The lowest BCUT2D eigenvalue weighted by atomic mass is 9.95. The summed E-state index contributed by atoms with van der Waals surface area (Å²) in [5.41, 5.74) is 0. The maximum atomic E-state index is 4.39. The number of imidazole rings is 1. The second-order valence-corrected chi connectivity index (χ2v) is 8.04. The minimum absolute atomic E-state index is 0. The van der Waals surface area contributed by atoms with Crippen molar-refractivity contribution < 1.29 is 0 Å². The van der Waals surface area contributed by atoms with Crippen LogP contribution < -0.4 is 10.6 Å². The summed E-state index contributed by atoms with van der Waals surface area (Å²) in [6.07, 6.45) is 11.4. The van der Waals surface area contributed by atoms with Crippen molar-refractivity contribution in [2.45, 2.75) is 70.2 Å². The Labute approximate surface area is 174 Å². The van der Waals surface area contributed by atoms with Gasteiger partial charge in [-0.05, 0) is 44.8 Å². The Morgan fingerprint density at radius 1 is 1.40 bits per heavy atom. The maximum Gasteiger partial charge on any atom is 0.191 e. The van der Waals surface area contributed by atoms with Crippen molar-refractivity contribution in [1.29, 1.82) is 0 Å². The molecule has 1 aliphatic rings. The van der Waals surface area contributed by atoms with Gasteiger partial charge in [0, 0.05) is 43.8 Å². The Kier molecular flexibility index (Phi) is 11.6. The average Bonchev–Trinajstić information content (AvgIpc) is 2.99. The van der Waals surface area contributed by atoms with Gasteiger partial charge < -0.3 is 15.2 Å². The first-order chi connectivity index (χ1) is 11.7. The second-order valence-electron chi connectivity index (χ2n) is 6.46. The third-order valence-corrected chi connectivity index (χ3v) is 5.87. The van der Waals surface area contributed by atoms with E-state index in [9.17, 15) is 0 Å². The molecule has 1 heterocycles. The average molecular weight is 479 g/mol. The van der Waals surface area contributed by atoms with E-state index in [1.54, 1.807) is 0 Å². The number of aromatic nitrogens is 2. The lowest BCUT2D eigenvalue weighted by Gasteiger charge is -2.30. The van der Waals surface area contributed by atoms with Gasteiger partial charge in [0.15, 0.2) is 5.96 Å². The lowest BCUT2D eigenvalue weighted by Crippen LogP contribution is -2.46. The van der Waals surface area contributed by atoms with Crippen LogP contribution in [0.25, 0.3) is 0 Å². The molecular formula is C18H34IN5S. The Balaban J connectivity index is 0.00000312. The van der Waals surface area contributed by atoms with Gasteiger partial charge in [-0.25, -0.2) is 4.98 Å². The lowest BCUT2D eigenvalue weighted by molar-refractivity contribution is 0.418. The normalized spacial score (nSPS) is 20.8. The summed E-state index contributed by atoms with van der Waals surface area (Å²) < 4.78 is 2.21. The summed E-state index contributed by atoms with van der Waals surface area (Å²) in [6.45, 7) is 6.32. The van der Waals surface area contributed by atoms with Crippen molar-refractivity contribution in [3.8, 4) is 0 Å². The Hall–Kier alpha value is -0.440. The van der Waals surface area contributed by atoms with Crippen LogP contribution in [0.5, 0.6) is 0 Å². The fourth-order valence-corrected chi connectivity index (χ4v) is 4.48. The summed E-state index contributed by atoms with van der Waals surface area (Å²) >= 11 is 2.11. The van der Waals surface area contributed by atoms with Crippen LogP contribution in [0.1, 0.15) is 51.3 Å². The van der Waals surface area contributed by atoms with Gasteiger partial charge in [0.1, 0.15) is 5.82 Å². The van der Waals surface area contributed by atoms with Gasteiger partial charge in [-0.15, -0.1) is 24.0 Å². The van der Waals surface area contributed by atoms with Gasteiger partial charge in [0.25, 0.3) is 0 Å². The predicted octanol–water partition coefficient (Wildman–Crippen LogP) is 3.82. The van der Waals surface area contributed by atoms with E-state index in [4.69, 9.17) is 0 Å². The molecule has 2 N–H and O–H groups in total. The van der Waals surface area contributed by atoms with Gasteiger partial charge in [-0.1, -0.05) is 13.3 Å². The largest absolute Gasteiger partial charge is 0.356 e. The maximum absolute atomic E-state index is 4.39. The Morgan fingerprint density at radius 3 is 2.92 bits per heavy atom. The number of nitrogens with one attached hydrogen (secondary N) is 2. The second kappa shape index (κ2) is 12.8. The number of hydrogen-bond donors (Lipinski definition) is 2. The molecule has 1 aliphatic carbocycles. The molecule has 1 aromatic heterocycles. The van der Waals surface area contributed by atoms with Crippen LogP contribution in [-0.4, -0.2) is 46.1 Å². The van der Waals surface area contributed by atoms with Crippen molar-refractivity contribution in [3.05, 3.63) is 18.2 Å². The highest BCUT2D eigenvalue weighted by Crippen LogP contribution is 2.28. The molecule has 2 rings (SSSR count). The Morgan fingerprint density at radius 2 is 2.24 bits per heavy atom. The fraction of sp³-hybridized carbons (Fsp3) is 0.778. The molecule has 1 aromatic rings. The van der Waals surface area contributed by atoms with Crippen LogP contribution in [0, 0.1) is 6.92 Å². The molecule has 2 atom stereocenters. The van der Waals surface area contributed by atoms with Gasteiger partial charge in [-0.2, -0.15) is 11.8 Å². The summed E-state index contributed by atoms with van der Waals surface area (Å²) in [5.74, 6) is 3.28. The summed E-state index contributed by atoms with van der Waals surface area (Å²) in [6, 6.07) is 0.572. The molecule has 144 valence electrons. The molecule has 0 aromatic carbocycles. The van der Waals surface area contributed by atoms with E-state index >= 15 is 0 Å². The molecule has 0 bridgehead atoms. The molecule has 5 nitrogen and oxygen atoms in total. The zero-order valence-electron chi connectivity index (χ0n) is 15.8. The van der Waals surface area contributed by atoms with Crippen LogP contribution in [0.4, 0.5) is 0 Å². The van der Waals surface area contributed by atoms with Crippen molar-refractivity contribution in [3.63, 3.8) is 0 Å². The van der Waals surface area contributed by atoms with Crippen molar-refractivity contribution in [2.24, 2.45) is 4.99 Å². The third-order valence-electron chi connectivity index (χ3n) is 4.63. The number of aliphatic imine (C=N–C) groups is 1. The van der Waals surface area contributed by atoms with Gasteiger partial charge in [0.2, 0.25) is 0 Å². The van der Waals surface area contributed by atoms with Gasteiger partial charge in [-0.3, -0.25) is 4.99 Å². The molecule has 2 unspecified atom stereocenters. The minimum Gasteiger partial charge on any atom is -0.356 e. The predicted molar refractivity (Wildman–Crippen MR) is 120 cm³/mol. The number of hydrogen-bond acceptors (Lipinski definition) is 3. The van der Waals surface area contributed by atoms with Crippen molar-refractivity contribution in [2.75, 3.05) is 19.3 Å². The number of rotatable bonds is 8. The molecule has 0 aliphatic heterocycles. The first-order valence-electron chi connectivity index (χ1n) is 9.29. The zero-order chi connectivity index (χ0) is 17.2. The monoisotopic (exact) mass is 479 g/mol. The standard InChI is InChI=1S/C18H33N5S.HI/c1-4-24-17-9-7-8-16(14-17)22-18(19-3)21-10-5-6-12-23-13-11-20-15(23)2;/h11,13,16-17H,4-10,12,14H2,1-3H3,(H2,19,21,22);1H. The highest BCUT2D eigenvalue weighted by molar-refractivity contribution is 14.0. The summed E-state index contributed by atoms with van der Waals surface area (Å²) in [4.78, 5) is 8.64. The van der Waals surface area contributed by atoms with Crippen LogP contribution in [0.15, 0.2) is 17.4 Å². The third kappa shape index (κ3) is 8.19.